The molecule has 2 heterocycles. The first-order chi connectivity index (χ1) is 9.97. The first-order valence-electron chi connectivity index (χ1n) is 6.69. The maximum Gasteiger partial charge on any atom is 0.242 e. The number of nitrogens with zero attached hydrogens (tertiary/aromatic N) is 4. The molecule has 0 aliphatic carbocycles. The molecular formula is C12H20N6O2S. The fourth-order valence-corrected chi connectivity index (χ4v) is 3.15. The molecule has 3 N–H and O–H groups in total. The second kappa shape index (κ2) is 6.37. The Balaban J connectivity index is 2.04. The molecule has 116 valence electrons. The van der Waals surface area contributed by atoms with E-state index in [9.17, 15) is 8.42 Å². The molecule has 0 saturated carbocycles. The van der Waals surface area contributed by atoms with Gasteiger partial charge in [-0.15, -0.1) is 10.2 Å². The predicted octanol–water partition coefficient (Wildman–Crippen LogP) is -0.384. The lowest BCUT2D eigenvalue weighted by molar-refractivity contribution is 0.579. The van der Waals surface area contributed by atoms with Crippen molar-refractivity contribution < 1.29 is 8.42 Å². The minimum atomic E-state index is -3.53. The van der Waals surface area contributed by atoms with E-state index in [0.717, 1.165) is 11.5 Å². The fourth-order valence-electron chi connectivity index (χ4n) is 2.05. The van der Waals surface area contributed by atoms with E-state index in [1.54, 1.807) is 23.2 Å². The summed E-state index contributed by atoms with van der Waals surface area (Å²) in [5.74, 6) is 0.728. The van der Waals surface area contributed by atoms with Gasteiger partial charge in [0.05, 0.1) is 4.90 Å². The number of nitrogens with two attached hydrogens (primary N) is 1. The van der Waals surface area contributed by atoms with Gasteiger partial charge in [-0.2, -0.15) is 0 Å². The Labute approximate surface area is 124 Å². The molecule has 0 bridgehead atoms. The third-order valence-corrected chi connectivity index (χ3v) is 4.69. The zero-order valence-electron chi connectivity index (χ0n) is 12.2. The van der Waals surface area contributed by atoms with Crippen molar-refractivity contribution in [2.24, 2.45) is 12.8 Å². The Hall–Kier alpha value is -1.71. The quantitative estimate of drug-likeness (QED) is 0.724. The second-order valence-electron chi connectivity index (χ2n) is 4.66. The van der Waals surface area contributed by atoms with Gasteiger partial charge in [0.1, 0.15) is 12.2 Å². The van der Waals surface area contributed by atoms with Crippen molar-refractivity contribution in [3.05, 3.63) is 30.1 Å². The van der Waals surface area contributed by atoms with Gasteiger partial charge in [0.2, 0.25) is 10.0 Å². The summed E-state index contributed by atoms with van der Waals surface area (Å²) in [5.41, 5.74) is 6.41. The maximum atomic E-state index is 12.2. The minimum Gasteiger partial charge on any atom is -0.349 e. The van der Waals surface area contributed by atoms with Crippen LogP contribution in [-0.4, -0.2) is 34.3 Å². The molecule has 0 saturated heterocycles. The highest BCUT2D eigenvalue weighted by Crippen LogP contribution is 2.14. The molecule has 2 rings (SSSR count). The number of aryl methyl sites for hydroxylation is 2. The van der Waals surface area contributed by atoms with E-state index in [1.165, 1.54) is 0 Å². The van der Waals surface area contributed by atoms with E-state index in [2.05, 4.69) is 14.9 Å². The van der Waals surface area contributed by atoms with Gasteiger partial charge >= 0.3 is 0 Å². The van der Waals surface area contributed by atoms with Gasteiger partial charge < -0.3 is 14.9 Å². The third kappa shape index (κ3) is 3.49. The summed E-state index contributed by atoms with van der Waals surface area (Å²) >= 11 is 0. The standard InChI is InChI=1S/C12H20N6O2S/c1-3-18-8-11(6-10(18)7-13)21(19,20)15-5-4-12-16-14-9-17(12)2/h6,8-9,15H,3-5,7,13H2,1-2H3. The topological polar surface area (TPSA) is 108 Å². The molecule has 0 amide bonds. The van der Waals surface area contributed by atoms with E-state index in [0.29, 0.717) is 19.5 Å². The van der Waals surface area contributed by atoms with Crippen molar-refractivity contribution in [2.75, 3.05) is 6.54 Å². The molecule has 9 heteroatoms. The van der Waals surface area contributed by atoms with Gasteiger partial charge in [-0.3, -0.25) is 0 Å². The van der Waals surface area contributed by atoms with Crippen LogP contribution in [-0.2, 0) is 36.6 Å². The van der Waals surface area contributed by atoms with Crippen molar-refractivity contribution in [3.8, 4) is 0 Å². The number of sulfonamides is 1. The lowest BCUT2D eigenvalue weighted by atomic mass is 10.4. The van der Waals surface area contributed by atoms with E-state index < -0.39 is 10.0 Å². The summed E-state index contributed by atoms with van der Waals surface area (Å²) in [6.45, 7) is 3.20. The smallest absolute Gasteiger partial charge is 0.242 e. The van der Waals surface area contributed by atoms with Gasteiger partial charge in [-0.25, -0.2) is 13.1 Å². The highest BCUT2D eigenvalue weighted by molar-refractivity contribution is 7.89. The SMILES string of the molecule is CCn1cc(S(=O)(=O)NCCc2nncn2C)cc1CN. The Morgan fingerprint density at radius 1 is 1.43 bits per heavy atom. The molecule has 0 unspecified atom stereocenters. The van der Waals surface area contributed by atoms with Crippen LogP contribution in [0.5, 0.6) is 0 Å². The molecule has 0 fully saturated rings. The largest absolute Gasteiger partial charge is 0.349 e. The van der Waals surface area contributed by atoms with Crippen LogP contribution in [0, 0.1) is 0 Å². The van der Waals surface area contributed by atoms with Crippen LogP contribution < -0.4 is 10.5 Å². The normalized spacial score (nSPS) is 12.0. The monoisotopic (exact) mass is 312 g/mol. The maximum absolute atomic E-state index is 12.2. The number of nitrogens with one attached hydrogen (secondary N) is 1. The van der Waals surface area contributed by atoms with E-state index >= 15 is 0 Å². The predicted molar refractivity (Wildman–Crippen MR) is 77.9 cm³/mol. The number of rotatable bonds is 7. The Kier molecular flexibility index (Phi) is 4.76. The average molecular weight is 312 g/mol. The molecule has 0 aliphatic rings. The first-order valence-corrected chi connectivity index (χ1v) is 8.18. The average Bonchev–Trinajstić information content (AvgIpc) is 3.05. The lowest BCUT2D eigenvalue weighted by Gasteiger charge is -2.04. The van der Waals surface area contributed by atoms with Crippen LogP contribution in [0.3, 0.4) is 0 Å². The van der Waals surface area contributed by atoms with Crippen molar-refractivity contribution in [3.63, 3.8) is 0 Å². The van der Waals surface area contributed by atoms with Crippen molar-refractivity contribution >= 4 is 10.0 Å². The molecule has 0 aliphatic heterocycles. The molecule has 0 atom stereocenters. The number of hydrogen-bond acceptors (Lipinski definition) is 5. The summed E-state index contributed by atoms with van der Waals surface area (Å²) in [7, 11) is -1.71. The van der Waals surface area contributed by atoms with Gasteiger partial charge in [0.15, 0.2) is 0 Å². The highest BCUT2D eigenvalue weighted by atomic mass is 32.2. The summed E-state index contributed by atoms with van der Waals surface area (Å²) in [6.07, 6.45) is 3.67. The lowest BCUT2D eigenvalue weighted by Crippen LogP contribution is -2.26. The van der Waals surface area contributed by atoms with Crippen LogP contribution in [0.15, 0.2) is 23.5 Å². The fraction of sp³-hybridized carbons (Fsp3) is 0.500. The Morgan fingerprint density at radius 3 is 2.71 bits per heavy atom. The molecule has 2 aromatic heterocycles. The minimum absolute atomic E-state index is 0.239. The molecule has 8 nitrogen and oxygen atoms in total. The Bertz CT molecular complexity index is 682. The van der Waals surface area contributed by atoms with Gasteiger partial charge in [-0.05, 0) is 13.0 Å². The summed E-state index contributed by atoms with van der Waals surface area (Å²) in [4.78, 5) is 0.239. The van der Waals surface area contributed by atoms with Crippen LogP contribution in [0.25, 0.3) is 0 Å². The van der Waals surface area contributed by atoms with Crippen LogP contribution in [0.4, 0.5) is 0 Å². The van der Waals surface area contributed by atoms with Gasteiger partial charge in [-0.1, -0.05) is 0 Å². The number of aromatic nitrogens is 4. The van der Waals surface area contributed by atoms with Crippen LogP contribution >= 0.6 is 0 Å². The molecule has 2 aromatic rings. The van der Waals surface area contributed by atoms with E-state index in [4.69, 9.17) is 5.73 Å². The summed E-state index contributed by atoms with van der Waals surface area (Å²) < 4.78 is 30.6. The zero-order chi connectivity index (χ0) is 15.5. The zero-order valence-corrected chi connectivity index (χ0v) is 13.0. The second-order valence-corrected chi connectivity index (χ2v) is 6.43. The first kappa shape index (κ1) is 15.7. The van der Waals surface area contributed by atoms with Crippen LogP contribution in [0.2, 0.25) is 0 Å². The van der Waals surface area contributed by atoms with Gasteiger partial charge in [0.25, 0.3) is 0 Å². The third-order valence-electron chi connectivity index (χ3n) is 3.27. The van der Waals surface area contributed by atoms with Gasteiger partial charge in [0, 0.05) is 45.0 Å². The van der Waals surface area contributed by atoms with Crippen molar-refractivity contribution in [2.45, 2.75) is 31.3 Å². The van der Waals surface area contributed by atoms with E-state index in [-0.39, 0.29) is 11.4 Å². The molecule has 0 aromatic carbocycles. The number of hydrogen-bond donors (Lipinski definition) is 2. The Morgan fingerprint density at radius 2 is 2.19 bits per heavy atom. The summed E-state index contributed by atoms with van der Waals surface area (Å²) in [5, 5.41) is 7.66. The van der Waals surface area contributed by atoms with Crippen LogP contribution in [0.1, 0.15) is 18.4 Å². The molecule has 0 spiro atoms. The molecular weight excluding hydrogens is 292 g/mol. The highest BCUT2D eigenvalue weighted by Gasteiger charge is 2.17. The molecule has 21 heavy (non-hydrogen) atoms. The van der Waals surface area contributed by atoms with Crippen molar-refractivity contribution in [1.82, 2.24) is 24.1 Å². The van der Waals surface area contributed by atoms with Crippen molar-refractivity contribution in [1.29, 1.82) is 0 Å². The summed E-state index contributed by atoms with van der Waals surface area (Å²) in [6, 6.07) is 1.61. The van der Waals surface area contributed by atoms with E-state index in [1.807, 2.05) is 18.5 Å². The molecule has 0 radical (unpaired) electrons.